The molecule has 3 heterocycles. The molecule has 0 spiro atoms. The first kappa shape index (κ1) is 24.4. The molecule has 0 amide bonds. The van der Waals surface area contributed by atoms with Crippen molar-refractivity contribution in [2.24, 2.45) is 0 Å². The largest absolute Gasteiger partial charge is 0.487 e. The zero-order valence-corrected chi connectivity index (χ0v) is 19.9. The molecular weight excluding hydrogens is 502 g/mol. The molecule has 0 aliphatic carbocycles. The van der Waals surface area contributed by atoms with Crippen LogP contribution in [0.15, 0.2) is 60.8 Å². The zero-order chi connectivity index (χ0) is 25.9. The van der Waals surface area contributed by atoms with Crippen molar-refractivity contribution in [3.05, 3.63) is 100 Å². The van der Waals surface area contributed by atoms with Gasteiger partial charge in [-0.25, -0.2) is 18.6 Å². The lowest BCUT2D eigenvalue weighted by Crippen LogP contribution is -2.18. The van der Waals surface area contributed by atoms with E-state index in [4.69, 9.17) is 15.0 Å². The smallest absolute Gasteiger partial charge is 0.415 e. The van der Waals surface area contributed by atoms with Crippen molar-refractivity contribution in [2.75, 3.05) is 5.75 Å². The minimum Gasteiger partial charge on any atom is -0.487 e. The lowest BCUT2D eigenvalue weighted by Gasteiger charge is -2.18. The van der Waals surface area contributed by atoms with Gasteiger partial charge >= 0.3 is 11.7 Å². The standard InChI is InChI=1S/C26H18F2N4O4S/c27-19-8-14-3-4-15(31-21(14)10-20(19)28)11-35-16-5-6-24-18(9-16)25(37-13-23(32-29)26(33)34)17-2-1-7-30-22(17)12-36-24/h1-10,25H,11-13H2,(H,33,34)/t25-/m1/s1. The van der Waals surface area contributed by atoms with Crippen LogP contribution in [0.3, 0.4) is 0 Å². The van der Waals surface area contributed by atoms with Crippen LogP contribution in [0.25, 0.3) is 16.4 Å². The highest BCUT2D eigenvalue weighted by atomic mass is 32.2. The summed E-state index contributed by atoms with van der Waals surface area (Å²) < 4.78 is 39.0. The summed E-state index contributed by atoms with van der Waals surface area (Å²) in [6.45, 7) is 0.309. The van der Waals surface area contributed by atoms with E-state index >= 15 is 0 Å². The molecule has 0 unspecified atom stereocenters. The van der Waals surface area contributed by atoms with Crippen LogP contribution in [0.5, 0.6) is 11.5 Å². The van der Waals surface area contributed by atoms with Crippen molar-refractivity contribution >= 4 is 34.3 Å². The number of aliphatic carboxylic acids is 1. The number of fused-ring (bicyclic) bond motifs is 3. The van der Waals surface area contributed by atoms with E-state index in [2.05, 4.69) is 14.8 Å². The number of thioether (sulfide) groups is 1. The SMILES string of the molecule is [N-]=[N+]=C(CS[C@H]1c2cc(OCc3ccc4cc(F)c(F)cc4n3)ccc2OCc2ncccc21)C(=O)O. The van der Waals surface area contributed by atoms with Crippen molar-refractivity contribution in [3.63, 3.8) is 0 Å². The van der Waals surface area contributed by atoms with E-state index in [-0.39, 0.29) is 29.9 Å². The van der Waals surface area contributed by atoms with E-state index in [1.165, 1.54) is 11.8 Å². The topological polar surface area (TPSA) is 118 Å². The number of pyridine rings is 2. The molecule has 0 saturated carbocycles. The van der Waals surface area contributed by atoms with Gasteiger partial charge in [0, 0.05) is 23.2 Å². The van der Waals surface area contributed by atoms with Crippen LogP contribution >= 0.6 is 11.8 Å². The Hall–Kier alpha value is -4.34. The van der Waals surface area contributed by atoms with E-state index in [1.807, 2.05) is 6.07 Å². The van der Waals surface area contributed by atoms with E-state index in [0.29, 0.717) is 33.8 Å². The number of carboxylic acid groups (broad SMARTS) is 1. The average Bonchev–Trinajstić information content (AvgIpc) is 3.05. The normalized spacial score (nSPS) is 14.1. The maximum Gasteiger partial charge on any atom is 0.415 e. The molecule has 1 atom stereocenters. The molecule has 1 aliphatic heterocycles. The Labute approximate surface area is 213 Å². The van der Waals surface area contributed by atoms with Gasteiger partial charge in [-0.1, -0.05) is 12.1 Å². The summed E-state index contributed by atoms with van der Waals surface area (Å²) in [5.74, 6) is -2.19. The number of aromatic nitrogens is 2. The molecule has 11 heteroatoms. The molecule has 37 heavy (non-hydrogen) atoms. The van der Waals surface area contributed by atoms with E-state index in [9.17, 15) is 18.7 Å². The van der Waals surface area contributed by atoms with Gasteiger partial charge in [-0.2, -0.15) is 4.79 Å². The van der Waals surface area contributed by atoms with Gasteiger partial charge in [0.15, 0.2) is 11.6 Å². The molecule has 0 fully saturated rings. The highest BCUT2D eigenvalue weighted by Crippen LogP contribution is 2.45. The highest BCUT2D eigenvalue weighted by molar-refractivity contribution is 8.00. The molecule has 0 bridgehead atoms. The third kappa shape index (κ3) is 5.13. The van der Waals surface area contributed by atoms with Crippen molar-refractivity contribution in [2.45, 2.75) is 18.5 Å². The fourth-order valence-corrected chi connectivity index (χ4v) is 5.21. The van der Waals surface area contributed by atoms with Crippen LogP contribution in [0.2, 0.25) is 0 Å². The number of halogens is 2. The Morgan fingerprint density at radius 2 is 2.00 bits per heavy atom. The second-order valence-electron chi connectivity index (χ2n) is 8.12. The Bertz CT molecular complexity index is 1580. The maximum absolute atomic E-state index is 13.6. The summed E-state index contributed by atoms with van der Waals surface area (Å²) in [6.07, 6.45) is 1.66. The molecule has 4 aromatic rings. The van der Waals surface area contributed by atoms with Gasteiger partial charge in [-0.3, -0.25) is 4.98 Å². The summed E-state index contributed by atoms with van der Waals surface area (Å²) in [6, 6.07) is 14.4. The molecule has 1 aliphatic rings. The van der Waals surface area contributed by atoms with Crippen molar-refractivity contribution in [1.82, 2.24) is 9.97 Å². The fourth-order valence-electron chi connectivity index (χ4n) is 3.95. The second kappa shape index (κ2) is 10.3. The number of nitrogens with zero attached hydrogens (tertiary/aromatic N) is 4. The number of ether oxygens (including phenoxy) is 2. The van der Waals surface area contributed by atoms with Crippen LogP contribution in [-0.4, -0.2) is 37.3 Å². The fraction of sp³-hybridized carbons (Fsp3) is 0.154. The molecule has 186 valence electrons. The first-order valence-corrected chi connectivity index (χ1v) is 12.1. The predicted octanol–water partition coefficient (Wildman–Crippen LogP) is 4.96. The number of hydrogen-bond donors (Lipinski definition) is 1. The van der Waals surface area contributed by atoms with Crippen molar-refractivity contribution in [3.8, 4) is 11.5 Å². The number of benzene rings is 2. The summed E-state index contributed by atoms with van der Waals surface area (Å²) >= 11 is 1.26. The maximum atomic E-state index is 13.6. The van der Waals surface area contributed by atoms with Crippen LogP contribution in [0.4, 0.5) is 8.78 Å². The molecule has 1 N–H and O–H groups in total. The van der Waals surface area contributed by atoms with Crippen molar-refractivity contribution < 1.29 is 32.9 Å². The quantitative estimate of drug-likeness (QED) is 0.208. The highest BCUT2D eigenvalue weighted by Gasteiger charge is 2.29. The number of rotatable bonds is 7. The Morgan fingerprint density at radius 1 is 1.16 bits per heavy atom. The molecule has 0 saturated heterocycles. The molecule has 2 aromatic carbocycles. The summed E-state index contributed by atoms with van der Waals surface area (Å²) in [4.78, 5) is 23.0. The summed E-state index contributed by atoms with van der Waals surface area (Å²) in [5, 5.41) is 9.36. The minimum absolute atomic E-state index is 0.0620. The van der Waals surface area contributed by atoms with Gasteiger partial charge in [-0.15, -0.1) is 11.8 Å². The minimum atomic E-state index is -1.31. The van der Waals surface area contributed by atoms with Gasteiger partial charge < -0.3 is 20.1 Å². The number of carbonyl (C=O) groups is 1. The Balaban J connectivity index is 1.43. The first-order chi connectivity index (χ1) is 17.9. The lowest BCUT2D eigenvalue weighted by molar-refractivity contribution is -0.134. The molecular formula is C26H18F2N4O4S. The summed E-state index contributed by atoms with van der Waals surface area (Å²) in [7, 11) is 0. The predicted molar refractivity (Wildman–Crippen MR) is 132 cm³/mol. The average molecular weight is 521 g/mol. The lowest BCUT2D eigenvalue weighted by atomic mass is 10.0. The molecule has 2 aromatic heterocycles. The van der Waals surface area contributed by atoms with E-state index < -0.39 is 17.6 Å². The van der Waals surface area contributed by atoms with Crippen LogP contribution in [0.1, 0.15) is 27.8 Å². The van der Waals surface area contributed by atoms with Crippen molar-refractivity contribution in [1.29, 1.82) is 0 Å². The molecule has 8 nitrogen and oxygen atoms in total. The van der Waals surface area contributed by atoms with Gasteiger partial charge in [-0.05, 0) is 42.0 Å². The number of hydrogen-bond acceptors (Lipinski definition) is 6. The molecule has 5 rings (SSSR count). The second-order valence-corrected chi connectivity index (χ2v) is 9.21. The van der Waals surface area contributed by atoms with Crippen LogP contribution in [-0.2, 0) is 18.0 Å². The number of carboxylic acids is 1. The van der Waals surface area contributed by atoms with Gasteiger partial charge in [0.25, 0.3) is 0 Å². The van der Waals surface area contributed by atoms with E-state index in [0.717, 1.165) is 23.3 Å². The third-order valence-electron chi connectivity index (χ3n) is 5.77. The Kier molecular flexibility index (Phi) is 6.80. The monoisotopic (exact) mass is 520 g/mol. The van der Waals surface area contributed by atoms with E-state index in [1.54, 1.807) is 42.6 Å². The summed E-state index contributed by atoms with van der Waals surface area (Å²) in [5.41, 5.74) is 11.8. The zero-order valence-electron chi connectivity index (χ0n) is 19.1. The van der Waals surface area contributed by atoms with Gasteiger partial charge in [0.1, 0.15) is 30.5 Å². The molecule has 0 radical (unpaired) electrons. The van der Waals surface area contributed by atoms with Crippen LogP contribution < -0.4 is 9.47 Å². The van der Waals surface area contributed by atoms with Gasteiger partial charge in [0.2, 0.25) is 0 Å². The third-order valence-corrected chi connectivity index (χ3v) is 7.05. The van der Waals surface area contributed by atoms with Crippen LogP contribution in [0, 0.1) is 11.6 Å². The Morgan fingerprint density at radius 3 is 2.81 bits per heavy atom. The first-order valence-electron chi connectivity index (χ1n) is 11.1. The van der Waals surface area contributed by atoms with Gasteiger partial charge in [0.05, 0.1) is 22.2 Å².